The van der Waals surface area contributed by atoms with Gasteiger partial charge in [-0.15, -0.1) is 6.42 Å². The number of fused-ring (bicyclic) bond motifs is 1. The fraction of sp³-hybridized carbons (Fsp3) is 0.474. The number of aryl methyl sites for hydroxylation is 1. The second kappa shape index (κ2) is 7.97. The highest BCUT2D eigenvalue weighted by molar-refractivity contribution is 7.88. The summed E-state index contributed by atoms with van der Waals surface area (Å²) in [5.74, 6) is 1.93. The minimum absolute atomic E-state index is 0.196. The number of benzene rings is 1. The summed E-state index contributed by atoms with van der Waals surface area (Å²) in [7, 11) is -3.30. The van der Waals surface area contributed by atoms with Crippen LogP contribution in [0.3, 0.4) is 0 Å². The lowest BCUT2D eigenvalue weighted by atomic mass is 9.99. The van der Waals surface area contributed by atoms with Gasteiger partial charge in [-0.1, -0.05) is 30.2 Å². The zero-order chi connectivity index (χ0) is 19.6. The average molecular weight is 406 g/mol. The molecule has 2 heterocycles. The summed E-state index contributed by atoms with van der Waals surface area (Å²) in [6, 6.07) is 6.17. The number of carbonyl (C=O) groups is 1. The van der Waals surface area contributed by atoms with Crippen LogP contribution < -0.4 is 4.80 Å². The van der Waals surface area contributed by atoms with E-state index in [2.05, 4.69) is 30.0 Å². The number of sulfonamides is 1. The molecule has 0 unspecified atom stereocenters. The number of amides is 1. The van der Waals surface area contributed by atoms with E-state index in [0.717, 1.165) is 16.6 Å². The Morgan fingerprint density at radius 1 is 1.44 bits per heavy atom. The molecule has 1 aliphatic heterocycles. The van der Waals surface area contributed by atoms with E-state index in [-0.39, 0.29) is 12.5 Å². The van der Waals surface area contributed by atoms with Gasteiger partial charge in [0.2, 0.25) is 10.0 Å². The van der Waals surface area contributed by atoms with Gasteiger partial charge in [-0.2, -0.15) is 4.99 Å². The van der Waals surface area contributed by atoms with Gasteiger partial charge in [-0.05, 0) is 37.0 Å². The number of rotatable bonds is 4. The average Bonchev–Trinajstić information content (AvgIpc) is 2.97. The van der Waals surface area contributed by atoms with E-state index in [9.17, 15) is 13.2 Å². The molecule has 1 saturated heterocycles. The summed E-state index contributed by atoms with van der Waals surface area (Å²) in [6.07, 6.45) is 8.92. The Hall–Kier alpha value is -1.95. The maximum absolute atomic E-state index is 12.7. The molecule has 0 N–H and O–H groups in total. The SMILES string of the molecule is C#CCn1c(=NC(=O)[C@H]2CCCN(S(C)(=O)=O)C2)sc2cc(CC)ccc21. The summed E-state index contributed by atoms with van der Waals surface area (Å²) < 4.78 is 27.9. The Kier molecular flexibility index (Phi) is 5.84. The molecule has 0 radical (unpaired) electrons. The number of thiazole rings is 1. The molecule has 1 atom stereocenters. The fourth-order valence-electron chi connectivity index (χ4n) is 3.30. The first-order chi connectivity index (χ1) is 12.8. The Bertz CT molecular complexity index is 1070. The Morgan fingerprint density at radius 2 is 2.22 bits per heavy atom. The molecule has 1 fully saturated rings. The number of nitrogens with zero attached hydrogens (tertiary/aromatic N) is 3. The predicted octanol–water partition coefficient (Wildman–Crippen LogP) is 2.00. The van der Waals surface area contributed by atoms with Gasteiger partial charge in [0.05, 0.1) is 28.9 Å². The summed E-state index contributed by atoms with van der Waals surface area (Å²) >= 11 is 1.44. The van der Waals surface area contributed by atoms with Crippen LogP contribution in [0.4, 0.5) is 0 Å². The van der Waals surface area contributed by atoms with Gasteiger partial charge in [0.25, 0.3) is 5.91 Å². The number of terminal acetylenes is 1. The van der Waals surface area contributed by atoms with Gasteiger partial charge in [0, 0.05) is 13.1 Å². The first-order valence-electron chi connectivity index (χ1n) is 8.93. The quantitative estimate of drug-likeness (QED) is 0.731. The first-order valence-corrected chi connectivity index (χ1v) is 11.6. The first kappa shape index (κ1) is 19.8. The van der Waals surface area contributed by atoms with Crippen molar-refractivity contribution in [3.05, 3.63) is 28.6 Å². The van der Waals surface area contributed by atoms with Gasteiger partial charge >= 0.3 is 0 Å². The molecule has 8 heteroatoms. The Morgan fingerprint density at radius 3 is 2.89 bits per heavy atom. The van der Waals surface area contributed by atoms with Crippen molar-refractivity contribution in [1.82, 2.24) is 8.87 Å². The summed E-state index contributed by atoms with van der Waals surface area (Å²) in [4.78, 5) is 17.7. The monoisotopic (exact) mass is 405 g/mol. The van der Waals surface area contributed by atoms with Crippen LogP contribution in [0.2, 0.25) is 0 Å². The van der Waals surface area contributed by atoms with Gasteiger partial charge < -0.3 is 4.57 Å². The van der Waals surface area contributed by atoms with Crippen molar-refractivity contribution in [2.24, 2.45) is 10.9 Å². The summed E-state index contributed by atoms with van der Waals surface area (Å²) in [6.45, 7) is 3.08. The molecule has 6 nitrogen and oxygen atoms in total. The third kappa shape index (κ3) is 4.32. The lowest BCUT2D eigenvalue weighted by Gasteiger charge is -2.28. The molecular formula is C19H23N3O3S2. The molecular weight excluding hydrogens is 382 g/mol. The van der Waals surface area contributed by atoms with Crippen molar-refractivity contribution in [3.63, 3.8) is 0 Å². The van der Waals surface area contributed by atoms with E-state index in [1.807, 2.05) is 10.6 Å². The molecule has 0 spiro atoms. The highest BCUT2D eigenvalue weighted by Gasteiger charge is 2.30. The zero-order valence-corrected chi connectivity index (χ0v) is 17.1. The number of hydrogen-bond donors (Lipinski definition) is 0. The zero-order valence-electron chi connectivity index (χ0n) is 15.5. The van der Waals surface area contributed by atoms with E-state index in [0.29, 0.717) is 30.7 Å². The maximum atomic E-state index is 12.7. The molecule has 1 amide bonds. The van der Waals surface area contributed by atoms with Crippen LogP contribution in [0.15, 0.2) is 23.2 Å². The standard InChI is InChI=1S/C19H23N3O3S2/c1-4-10-22-16-9-8-14(5-2)12-17(16)26-19(22)20-18(23)15-7-6-11-21(13-15)27(3,24)25/h1,8-9,12,15H,5-7,10-11,13H2,2-3H3/t15-/m0/s1. The van der Waals surface area contributed by atoms with E-state index in [1.165, 1.54) is 27.5 Å². The summed E-state index contributed by atoms with van der Waals surface area (Å²) in [5, 5.41) is 0. The number of aromatic nitrogens is 1. The molecule has 0 aliphatic carbocycles. The van der Waals surface area contributed by atoms with Crippen LogP contribution in [-0.2, 0) is 27.8 Å². The third-order valence-corrected chi connectivity index (χ3v) is 7.12. The van der Waals surface area contributed by atoms with Crippen LogP contribution in [-0.4, -0.2) is 42.5 Å². The van der Waals surface area contributed by atoms with Gasteiger partial charge in [0.1, 0.15) is 0 Å². The highest BCUT2D eigenvalue weighted by atomic mass is 32.2. The Labute approximate surface area is 163 Å². The van der Waals surface area contributed by atoms with Crippen LogP contribution in [0.1, 0.15) is 25.3 Å². The number of hydrogen-bond acceptors (Lipinski definition) is 4. The molecule has 3 rings (SSSR count). The molecule has 2 aromatic rings. The van der Waals surface area contributed by atoms with Crippen molar-refractivity contribution in [2.75, 3.05) is 19.3 Å². The Balaban J connectivity index is 1.98. The lowest BCUT2D eigenvalue weighted by Crippen LogP contribution is -2.41. The van der Waals surface area contributed by atoms with E-state index in [4.69, 9.17) is 6.42 Å². The molecule has 144 valence electrons. The van der Waals surface area contributed by atoms with Crippen molar-refractivity contribution in [1.29, 1.82) is 0 Å². The van der Waals surface area contributed by atoms with Crippen LogP contribution in [0.25, 0.3) is 10.2 Å². The molecule has 1 aromatic carbocycles. The largest absolute Gasteiger partial charge is 0.305 e. The lowest BCUT2D eigenvalue weighted by molar-refractivity contribution is -0.122. The van der Waals surface area contributed by atoms with Crippen molar-refractivity contribution in [2.45, 2.75) is 32.7 Å². The fourth-order valence-corrected chi connectivity index (χ4v) is 5.31. The highest BCUT2D eigenvalue weighted by Crippen LogP contribution is 2.22. The predicted molar refractivity (Wildman–Crippen MR) is 108 cm³/mol. The smallest absolute Gasteiger partial charge is 0.252 e. The summed E-state index contributed by atoms with van der Waals surface area (Å²) in [5.41, 5.74) is 2.17. The van der Waals surface area contributed by atoms with Crippen LogP contribution >= 0.6 is 11.3 Å². The van der Waals surface area contributed by atoms with Gasteiger partial charge in [-0.3, -0.25) is 4.79 Å². The molecule has 0 bridgehead atoms. The number of carbonyl (C=O) groups excluding carboxylic acids is 1. The molecule has 1 aliphatic rings. The maximum Gasteiger partial charge on any atom is 0.252 e. The second-order valence-electron chi connectivity index (χ2n) is 6.74. The van der Waals surface area contributed by atoms with E-state index in [1.54, 1.807) is 0 Å². The minimum atomic E-state index is -3.30. The third-order valence-electron chi connectivity index (χ3n) is 4.81. The molecule has 1 aromatic heterocycles. The van der Waals surface area contributed by atoms with Crippen molar-refractivity contribution < 1.29 is 13.2 Å². The van der Waals surface area contributed by atoms with E-state index >= 15 is 0 Å². The van der Waals surface area contributed by atoms with Crippen LogP contribution in [0.5, 0.6) is 0 Å². The normalized spacial score (nSPS) is 19.3. The van der Waals surface area contributed by atoms with Crippen molar-refractivity contribution >= 4 is 37.5 Å². The van der Waals surface area contributed by atoms with Crippen molar-refractivity contribution in [3.8, 4) is 12.3 Å². The van der Waals surface area contributed by atoms with Gasteiger partial charge in [-0.25, -0.2) is 12.7 Å². The van der Waals surface area contributed by atoms with Gasteiger partial charge in [0.15, 0.2) is 4.80 Å². The van der Waals surface area contributed by atoms with E-state index < -0.39 is 15.9 Å². The number of piperidine rings is 1. The van der Waals surface area contributed by atoms with Crippen LogP contribution in [0, 0.1) is 18.3 Å². The topological polar surface area (TPSA) is 71.7 Å². The second-order valence-corrected chi connectivity index (χ2v) is 9.73. The molecule has 27 heavy (non-hydrogen) atoms. The molecule has 0 saturated carbocycles. The minimum Gasteiger partial charge on any atom is -0.305 e.